The van der Waals surface area contributed by atoms with E-state index in [1.165, 1.54) is 18.2 Å². The lowest BCUT2D eigenvalue weighted by atomic mass is 10.2. The van der Waals surface area contributed by atoms with Crippen LogP contribution in [0.1, 0.15) is 22.7 Å². The van der Waals surface area contributed by atoms with Crippen molar-refractivity contribution in [1.82, 2.24) is 5.16 Å². The lowest BCUT2D eigenvalue weighted by molar-refractivity contribution is 0.101. The van der Waals surface area contributed by atoms with Gasteiger partial charge in [-0.15, -0.1) is 0 Å². The molecule has 1 aromatic heterocycles. The summed E-state index contributed by atoms with van der Waals surface area (Å²) in [6.07, 6.45) is 0.730. The van der Waals surface area contributed by atoms with Crippen molar-refractivity contribution in [3.05, 3.63) is 60.0 Å². The second-order valence-electron chi connectivity index (χ2n) is 6.62. The van der Waals surface area contributed by atoms with Crippen LogP contribution in [0.25, 0.3) is 0 Å². The smallest absolute Gasteiger partial charge is 0.277 e. The lowest BCUT2D eigenvalue weighted by Crippen LogP contribution is -2.14. The van der Waals surface area contributed by atoms with Crippen LogP contribution < -0.4 is 19.5 Å². The molecule has 1 aliphatic rings. The Morgan fingerprint density at radius 3 is 2.37 bits per heavy atom. The summed E-state index contributed by atoms with van der Waals surface area (Å²) in [5, 5.41) is 6.31. The number of carbonyl (C=O) groups is 1. The molecule has 0 spiro atoms. The quantitative estimate of drug-likeness (QED) is 0.639. The number of anilines is 2. The third-order valence-electron chi connectivity index (χ3n) is 4.28. The molecular weight excluding hydrogens is 410 g/mol. The molecular formula is C20H19N3O6S. The number of aromatic nitrogens is 1. The van der Waals surface area contributed by atoms with Crippen molar-refractivity contribution < 1.29 is 27.2 Å². The number of aryl methyl sites for hydroxylation is 1. The van der Waals surface area contributed by atoms with E-state index in [2.05, 4.69) is 15.2 Å². The van der Waals surface area contributed by atoms with Crippen LogP contribution in [-0.4, -0.2) is 32.7 Å². The molecule has 2 aromatic carbocycles. The normalized spacial score (nSPS) is 13.4. The highest BCUT2D eigenvalue weighted by Crippen LogP contribution is 2.32. The average molecular weight is 429 g/mol. The zero-order valence-electron chi connectivity index (χ0n) is 16.0. The van der Waals surface area contributed by atoms with Gasteiger partial charge in [0.15, 0.2) is 17.2 Å². The maximum Gasteiger partial charge on any atom is 0.277 e. The minimum absolute atomic E-state index is 0.0607. The SMILES string of the molecule is Cc1cc(C(=O)Nc2ccc(NS(=O)(=O)c3ccc4c(c3)OCCCO4)cc2)no1. The number of nitrogens with one attached hydrogen (secondary N) is 2. The van der Waals surface area contributed by atoms with E-state index in [-0.39, 0.29) is 10.6 Å². The molecule has 0 atom stereocenters. The number of nitrogens with zero attached hydrogens (tertiary/aromatic N) is 1. The fourth-order valence-corrected chi connectivity index (χ4v) is 3.89. The molecule has 9 nitrogen and oxygen atoms in total. The van der Waals surface area contributed by atoms with Crippen molar-refractivity contribution in [3.8, 4) is 11.5 Å². The lowest BCUT2D eigenvalue weighted by Gasteiger charge is -2.12. The highest BCUT2D eigenvalue weighted by molar-refractivity contribution is 7.92. The Bertz CT molecular complexity index is 1170. The summed E-state index contributed by atoms with van der Waals surface area (Å²) in [5.74, 6) is 1.03. The van der Waals surface area contributed by atoms with Gasteiger partial charge in [-0.2, -0.15) is 0 Å². The average Bonchev–Trinajstić information content (AvgIpc) is 3.02. The van der Waals surface area contributed by atoms with E-state index in [0.29, 0.717) is 41.8 Å². The maximum absolute atomic E-state index is 12.7. The van der Waals surface area contributed by atoms with Gasteiger partial charge in [-0.05, 0) is 43.3 Å². The molecule has 1 amide bonds. The second-order valence-corrected chi connectivity index (χ2v) is 8.30. The number of fused-ring (bicyclic) bond motifs is 1. The van der Waals surface area contributed by atoms with Gasteiger partial charge in [0.05, 0.1) is 18.1 Å². The van der Waals surface area contributed by atoms with Gasteiger partial charge in [-0.25, -0.2) is 8.42 Å². The van der Waals surface area contributed by atoms with E-state index in [1.807, 2.05) is 0 Å². The number of benzene rings is 2. The molecule has 10 heteroatoms. The first-order chi connectivity index (χ1) is 14.4. The van der Waals surface area contributed by atoms with Gasteiger partial charge in [-0.1, -0.05) is 5.16 Å². The van der Waals surface area contributed by atoms with Crippen LogP contribution in [0, 0.1) is 6.92 Å². The molecule has 0 saturated heterocycles. The van der Waals surface area contributed by atoms with Gasteiger partial charge < -0.3 is 19.3 Å². The Balaban J connectivity index is 1.46. The van der Waals surface area contributed by atoms with Crippen LogP contribution in [0.5, 0.6) is 11.5 Å². The maximum atomic E-state index is 12.7. The topological polar surface area (TPSA) is 120 Å². The largest absolute Gasteiger partial charge is 0.490 e. The summed E-state index contributed by atoms with van der Waals surface area (Å²) < 4.78 is 43.9. The van der Waals surface area contributed by atoms with Gasteiger partial charge in [-0.3, -0.25) is 9.52 Å². The third kappa shape index (κ3) is 4.38. The Kier molecular flexibility index (Phi) is 5.32. The molecule has 1 aliphatic heterocycles. The molecule has 2 N–H and O–H groups in total. The Morgan fingerprint density at radius 1 is 0.967 bits per heavy atom. The number of rotatable bonds is 5. The van der Waals surface area contributed by atoms with Crippen LogP contribution in [0.3, 0.4) is 0 Å². The first-order valence-electron chi connectivity index (χ1n) is 9.18. The van der Waals surface area contributed by atoms with Crippen molar-refractivity contribution in [2.24, 2.45) is 0 Å². The number of amides is 1. The molecule has 0 unspecified atom stereocenters. The summed E-state index contributed by atoms with van der Waals surface area (Å²) in [7, 11) is -3.83. The highest BCUT2D eigenvalue weighted by atomic mass is 32.2. The molecule has 0 fully saturated rings. The zero-order chi connectivity index (χ0) is 21.1. The zero-order valence-corrected chi connectivity index (χ0v) is 16.9. The predicted molar refractivity (Wildman–Crippen MR) is 108 cm³/mol. The van der Waals surface area contributed by atoms with Crippen molar-refractivity contribution in [2.45, 2.75) is 18.2 Å². The summed E-state index contributed by atoms with van der Waals surface area (Å²) in [6.45, 7) is 2.68. The summed E-state index contributed by atoms with van der Waals surface area (Å²) in [6, 6.07) is 12.3. The van der Waals surface area contributed by atoms with Gasteiger partial charge >= 0.3 is 0 Å². The predicted octanol–water partition coefficient (Wildman–Crippen LogP) is 3.20. The van der Waals surface area contributed by atoms with Crippen molar-refractivity contribution in [3.63, 3.8) is 0 Å². The standard InChI is InChI=1S/C20H19N3O6S/c1-13-11-17(22-29-13)20(24)21-14-3-5-15(6-4-14)23-30(25,26)16-7-8-18-19(12-16)28-10-2-9-27-18/h3-8,11-12,23H,2,9-10H2,1H3,(H,21,24). The summed E-state index contributed by atoms with van der Waals surface area (Å²) in [4.78, 5) is 12.2. The molecule has 156 valence electrons. The first-order valence-corrected chi connectivity index (χ1v) is 10.7. The van der Waals surface area contributed by atoms with Crippen LogP contribution in [0.15, 0.2) is 57.9 Å². The molecule has 0 aliphatic carbocycles. The fraction of sp³-hybridized carbons (Fsp3) is 0.200. The number of hydrogen-bond acceptors (Lipinski definition) is 7. The van der Waals surface area contributed by atoms with Gasteiger partial charge in [0.1, 0.15) is 5.76 Å². The van der Waals surface area contributed by atoms with Gasteiger partial charge in [0.25, 0.3) is 15.9 Å². The Morgan fingerprint density at radius 2 is 1.67 bits per heavy atom. The Hall–Kier alpha value is -3.53. The summed E-state index contributed by atoms with van der Waals surface area (Å²) >= 11 is 0. The first kappa shape index (κ1) is 19.8. The van der Waals surface area contributed by atoms with E-state index < -0.39 is 15.9 Å². The Labute approximate surface area is 173 Å². The minimum atomic E-state index is -3.83. The van der Waals surface area contributed by atoms with Crippen LogP contribution in [0.2, 0.25) is 0 Å². The summed E-state index contributed by atoms with van der Waals surface area (Å²) in [5.41, 5.74) is 0.989. The fourth-order valence-electron chi connectivity index (χ4n) is 2.81. The van der Waals surface area contributed by atoms with Gasteiger partial charge in [0, 0.05) is 29.9 Å². The van der Waals surface area contributed by atoms with E-state index >= 15 is 0 Å². The van der Waals surface area contributed by atoms with Crippen molar-refractivity contribution in [2.75, 3.05) is 23.3 Å². The van der Waals surface area contributed by atoms with Crippen molar-refractivity contribution >= 4 is 27.3 Å². The van der Waals surface area contributed by atoms with E-state index in [9.17, 15) is 13.2 Å². The third-order valence-corrected chi connectivity index (χ3v) is 5.66. The van der Waals surface area contributed by atoms with Crippen molar-refractivity contribution in [1.29, 1.82) is 0 Å². The molecule has 30 heavy (non-hydrogen) atoms. The molecule has 0 radical (unpaired) electrons. The number of sulfonamides is 1. The van der Waals surface area contributed by atoms with E-state index in [4.69, 9.17) is 14.0 Å². The minimum Gasteiger partial charge on any atom is -0.490 e. The second kappa shape index (κ2) is 8.07. The van der Waals surface area contributed by atoms with Crippen LogP contribution in [0.4, 0.5) is 11.4 Å². The van der Waals surface area contributed by atoms with Gasteiger partial charge in [0.2, 0.25) is 0 Å². The molecule has 0 bridgehead atoms. The number of carbonyl (C=O) groups excluding carboxylic acids is 1. The van der Waals surface area contributed by atoms with E-state index in [0.717, 1.165) is 6.42 Å². The van der Waals surface area contributed by atoms with Crippen LogP contribution >= 0.6 is 0 Å². The molecule has 0 saturated carbocycles. The monoisotopic (exact) mass is 429 g/mol. The molecule has 3 aromatic rings. The van der Waals surface area contributed by atoms with E-state index in [1.54, 1.807) is 37.3 Å². The highest BCUT2D eigenvalue weighted by Gasteiger charge is 2.19. The van der Waals surface area contributed by atoms with Crippen LogP contribution in [-0.2, 0) is 10.0 Å². The number of ether oxygens (including phenoxy) is 2. The number of hydrogen-bond donors (Lipinski definition) is 2. The molecule has 4 rings (SSSR count). The molecule has 2 heterocycles.